The summed E-state index contributed by atoms with van der Waals surface area (Å²) in [4.78, 5) is 21.9. The Balaban J connectivity index is 2.19. The number of nitro benzene ring substituents is 1. The minimum atomic E-state index is -0.646. The second kappa shape index (κ2) is 5.79. The Morgan fingerprint density at radius 2 is 1.85 bits per heavy atom. The molecule has 0 saturated heterocycles. The Morgan fingerprint density at radius 1 is 1.20 bits per heavy atom. The lowest BCUT2D eigenvalue weighted by atomic mass is 10.2. The van der Waals surface area contributed by atoms with Crippen LogP contribution < -0.4 is 5.32 Å². The normalized spacial score (nSPS) is 10.1. The Morgan fingerprint density at radius 3 is 2.45 bits per heavy atom. The molecule has 0 aliphatic carbocycles. The first kappa shape index (κ1) is 14.1. The number of hydrogen-bond donors (Lipinski definition) is 1. The molecule has 20 heavy (non-hydrogen) atoms. The number of carbonyl (C=O) groups excluding carboxylic acids is 1. The number of amides is 1. The molecule has 0 radical (unpaired) electrons. The predicted octanol–water partition coefficient (Wildman–Crippen LogP) is 3.75. The number of nitrogens with zero attached hydrogens (tertiary/aromatic N) is 1. The van der Waals surface area contributed by atoms with Gasteiger partial charge in [0.15, 0.2) is 0 Å². The molecule has 0 aliphatic heterocycles. The van der Waals surface area contributed by atoms with Gasteiger partial charge in [-0.3, -0.25) is 14.9 Å². The van der Waals surface area contributed by atoms with Crippen LogP contribution in [-0.2, 0) is 0 Å². The molecule has 2 rings (SSSR count). The number of halogens is 2. The van der Waals surface area contributed by atoms with Crippen LogP contribution in [0.25, 0.3) is 0 Å². The fourth-order valence-electron chi connectivity index (χ4n) is 1.54. The highest BCUT2D eigenvalue weighted by Crippen LogP contribution is 2.19. The van der Waals surface area contributed by atoms with E-state index >= 15 is 0 Å². The first-order chi connectivity index (χ1) is 9.47. The summed E-state index contributed by atoms with van der Waals surface area (Å²) in [7, 11) is 0. The molecule has 0 saturated carbocycles. The summed E-state index contributed by atoms with van der Waals surface area (Å²) < 4.78 is 14.1. The molecule has 7 heteroatoms. The molecule has 1 amide bonds. The van der Waals surface area contributed by atoms with Gasteiger partial charge in [0.1, 0.15) is 5.82 Å². The molecule has 0 aromatic heterocycles. The molecule has 0 atom stereocenters. The van der Waals surface area contributed by atoms with Gasteiger partial charge < -0.3 is 5.32 Å². The van der Waals surface area contributed by atoms with Crippen LogP contribution in [0, 0.1) is 15.9 Å². The molecular formula is C13H8BrFN2O3. The quantitative estimate of drug-likeness (QED) is 0.684. The molecule has 0 aliphatic rings. The van der Waals surface area contributed by atoms with Gasteiger partial charge in [-0.1, -0.05) is 15.9 Å². The number of anilines is 1. The van der Waals surface area contributed by atoms with E-state index in [1.54, 1.807) is 0 Å². The van der Waals surface area contributed by atoms with Crippen molar-refractivity contribution >= 4 is 33.2 Å². The van der Waals surface area contributed by atoms with Crippen molar-refractivity contribution in [3.05, 3.63) is 68.4 Å². The summed E-state index contributed by atoms with van der Waals surface area (Å²) in [5, 5.41) is 13.0. The molecule has 102 valence electrons. The maximum absolute atomic E-state index is 13.5. The molecule has 1 N–H and O–H groups in total. The van der Waals surface area contributed by atoms with Crippen LogP contribution in [0.3, 0.4) is 0 Å². The van der Waals surface area contributed by atoms with E-state index in [1.807, 2.05) is 0 Å². The average Bonchev–Trinajstić information content (AvgIpc) is 2.42. The van der Waals surface area contributed by atoms with E-state index in [4.69, 9.17) is 0 Å². The van der Waals surface area contributed by atoms with Crippen molar-refractivity contribution in [2.45, 2.75) is 0 Å². The van der Waals surface area contributed by atoms with E-state index in [0.29, 0.717) is 10.2 Å². The number of nitrogens with one attached hydrogen (secondary N) is 1. The van der Waals surface area contributed by atoms with Crippen LogP contribution in [0.15, 0.2) is 46.9 Å². The fraction of sp³-hybridized carbons (Fsp3) is 0. The highest BCUT2D eigenvalue weighted by molar-refractivity contribution is 9.10. The van der Waals surface area contributed by atoms with Crippen LogP contribution >= 0.6 is 15.9 Å². The van der Waals surface area contributed by atoms with Crippen LogP contribution in [0.4, 0.5) is 15.8 Å². The smallest absolute Gasteiger partial charge is 0.269 e. The number of non-ortho nitro benzene ring substituents is 1. The lowest BCUT2D eigenvalue weighted by Gasteiger charge is -2.06. The van der Waals surface area contributed by atoms with E-state index in [9.17, 15) is 19.3 Å². The summed E-state index contributed by atoms with van der Waals surface area (Å²) in [5.41, 5.74) is 0.148. The van der Waals surface area contributed by atoms with E-state index < -0.39 is 16.6 Å². The molecule has 0 unspecified atom stereocenters. The lowest BCUT2D eigenvalue weighted by molar-refractivity contribution is -0.384. The maximum Gasteiger partial charge on any atom is 0.269 e. The summed E-state index contributed by atoms with van der Waals surface area (Å²) in [6.07, 6.45) is 0. The standard InChI is InChI=1S/C13H8BrFN2O3/c14-8-1-6-12(15)11(7-8)13(18)16-9-2-4-10(5-3-9)17(19)20/h1-7H,(H,16,18). The second-order valence-electron chi connectivity index (χ2n) is 3.88. The molecule has 0 fully saturated rings. The van der Waals surface area contributed by atoms with Crippen LogP contribution in [0.1, 0.15) is 10.4 Å². The van der Waals surface area contributed by atoms with Crippen LogP contribution in [-0.4, -0.2) is 10.8 Å². The zero-order chi connectivity index (χ0) is 14.7. The number of rotatable bonds is 3. The van der Waals surface area contributed by atoms with Crippen molar-refractivity contribution in [2.24, 2.45) is 0 Å². The zero-order valence-corrected chi connectivity index (χ0v) is 11.6. The minimum Gasteiger partial charge on any atom is -0.322 e. The Labute approximate surface area is 121 Å². The van der Waals surface area contributed by atoms with Crippen molar-refractivity contribution in [1.82, 2.24) is 0 Å². The number of nitro groups is 1. The summed E-state index contributed by atoms with van der Waals surface area (Å²) >= 11 is 3.15. The van der Waals surface area contributed by atoms with Gasteiger partial charge in [0.2, 0.25) is 0 Å². The van der Waals surface area contributed by atoms with Gasteiger partial charge in [0, 0.05) is 22.3 Å². The van der Waals surface area contributed by atoms with Crippen molar-refractivity contribution in [3.63, 3.8) is 0 Å². The van der Waals surface area contributed by atoms with Crippen LogP contribution in [0.2, 0.25) is 0 Å². The van der Waals surface area contributed by atoms with E-state index in [2.05, 4.69) is 21.2 Å². The minimum absolute atomic E-state index is 0.0864. The van der Waals surface area contributed by atoms with Crippen molar-refractivity contribution in [3.8, 4) is 0 Å². The highest BCUT2D eigenvalue weighted by atomic mass is 79.9. The van der Waals surface area contributed by atoms with Gasteiger partial charge in [-0.05, 0) is 30.3 Å². The maximum atomic E-state index is 13.5. The molecule has 0 bridgehead atoms. The molecule has 0 spiro atoms. The summed E-state index contributed by atoms with van der Waals surface area (Å²) in [5.74, 6) is -1.27. The van der Waals surface area contributed by atoms with Gasteiger partial charge in [-0.15, -0.1) is 0 Å². The third-order valence-electron chi connectivity index (χ3n) is 2.51. The second-order valence-corrected chi connectivity index (χ2v) is 4.80. The van der Waals surface area contributed by atoms with Crippen LogP contribution in [0.5, 0.6) is 0 Å². The fourth-order valence-corrected chi connectivity index (χ4v) is 1.90. The summed E-state index contributed by atoms with van der Waals surface area (Å²) in [6, 6.07) is 9.29. The van der Waals surface area contributed by atoms with Crippen molar-refractivity contribution in [1.29, 1.82) is 0 Å². The lowest BCUT2D eigenvalue weighted by Crippen LogP contribution is -2.13. The van der Waals surface area contributed by atoms with E-state index in [0.717, 1.165) is 0 Å². The van der Waals surface area contributed by atoms with Crippen molar-refractivity contribution < 1.29 is 14.1 Å². The van der Waals surface area contributed by atoms with Gasteiger partial charge in [-0.2, -0.15) is 0 Å². The predicted molar refractivity (Wildman–Crippen MR) is 75.1 cm³/mol. The molecular weight excluding hydrogens is 331 g/mol. The van der Waals surface area contributed by atoms with Crippen molar-refractivity contribution in [2.75, 3.05) is 5.32 Å². The molecule has 2 aromatic rings. The van der Waals surface area contributed by atoms with Gasteiger partial charge >= 0.3 is 0 Å². The topological polar surface area (TPSA) is 72.2 Å². The zero-order valence-electron chi connectivity index (χ0n) is 9.97. The van der Waals surface area contributed by atoms with Gasteiger partial charge in [0.25, 0.3) is 11.6 Å². The monoisotopic (exact) mass is 338 g/mol. The first-order valence-corrected chi connectivity index (χ1v) is 6.27. The number of hydrogen-bond acceptors (Lipinski definition) is 3. The first-order valence-electron chi connectivity index (χ1n) is 5.48. The number of carbonyl (C=O) groups is 1. The summed E-state index contributed by atoms with van der Waals surface area (Å²) in [6.45, 7) is 0. The van der Waals surface area contributed by atoms with Gasteiger partial charge in [0.05, 0.1) is 10.5 Å². The third-order valence-corrected chi connectivity index (χ3v) is 3.00. The Hall–Kier alpha value is -2.28. The SMILES string of the molecule is O=C(Nc1ccc([N+](=O)[O-])cc1)c1cc(Br)ccc1F. The van der Waals surface area contributed by atoms with E-state index in [-0.39, 0.29) is 11.3 Å². The molecule has 0 heterocycles. The Kier molecular flexibility index (Phi) is 4.09. The highest BCUT2D eigenvalue weighted by Gasteiger charge is 2.13. The molecule has 2 aromatic carbocycles. The largest absolute Gasteiger partial charge is 0.322 e. The average molecular weight is 339 g/mol. The number of benzene rings is 2. The Bertz CT molecular complexity index is 674. The molecule has 5 nitrogen and oxygen atoms in total. The van der Waals surface area contributed by atoms with E-state index in [1.165, 1.54) is 42.5 Å². The van der Waals surface area contributed by atoms with Gasteiger partial charge in [-0.25, -0.2) is 4.39 Å². The third kappa shape index (κ3) is 3.18.